The van der Waals surface area contributed by atoms with Gasteiger partial charge in [-0.2, -0.15) is 0 Å². The number of aliphatic hydroxyl groups is 1. The van der Waals surface area contributed by atoms with Gasteiger partial charge in [-0.3, -0.25) is 4.79 Å². The molecule has 6 heteroatoms. The number of hydrogen-bond donors (Lipinski definition) is 1. The Labute approximate surface area is 150 Å². The van der Waals surface area contributed by atoms with E-state index in [4.69, 9.17) is 4.74 Å². The number of benzene rings is 1. The second kappa shape index (κ2) is 6.50. The quantitative estimate of drug-likeness (QED) is 0.851. The number of halogens is 1. The van der Waals surface area contributed by atoms with Crippen LogP contribution in [-0.2, 0) is 4.74 Å². The number of pyridine rings is 1. The molecule has 2 unspecified atom stereocenters. The summed E-state index contributed by atoms with van der Waals surface area (Å²) in [6.07, 6.45) is 5.04. The highest BCUT2D eigenvalue weighted by Crippen LogP contribution is 2.40. The van der Waals surface area contributed by atoms with Crippen LogP contribution in [0.3, 0.4) is 0 Å². The van der Waals surface area contributed by atoms with Gasteiger partial charge in [-0.15, -0.1) is 0 Å². The maximum atomic E-state index is 14.8. The van der Waals surface area contributed by atoms with E-state index in [1.807, 2.05) is 4.57 Å². The highest BCUT2D eigenvalue weighted by atomic mass is 19.1. The van der Waals surface area contributed by atoms with Crippen molar-refractivity contribution in [1.29, 1.82) is 0 Å². The molecular formula is C20H22FNO4. The van der Waals surface area contributed by atoms with Crippen LogP contribution in [-0.4, -0.2) is 28.4 Å². The summed E-state index contributed by atoms with van der Waals surface area (Å²) in [5, 5.41) is 9.99. The van der Waals surface area contributed by atoms with Crippen molar-refractivity contribution in [3.05, 3.63) is 45.5 Å². The van der Waals surface area contributed by atoms with Gasteiger partial charge in [0.2, 0.25) is 5.43 Å². The van der Waals surface area contributed by atoms with Crippen LogP contribution in [0, 0.1) is 5.82 Å². The number of nitrogens with zero attached hydrogens (tertiary/aromatic N) is 1. The zero-order valence-electron chi connectivity index (χ0n) is 14.7. The Morgan fingerprint density at radius 2 is 2.08 bits per heavy atom. The molecule has 0 spiro atoms. The average Bonchev–Trinajstić information content (AvgIpc) is 3.36. The predicted molar refractivity (Wildman–Crippen MR) is 95.0 cm³/mol. The highest BCUT2D eigenvalue weighted by Gasteiger charge is 2.30. The lowest BCUT2D eigenvalue weighted by molar-refractivity contribution is 0.0524. The van der Waals surface area contributed by atoms with Gasteiger partial charge in [0, 0.05) is 17.6 Å². The van der Waals surface area contributed by atoms with Crippen molar-refractivity contribution in [2.24, 2.45) is 0 Å². The second-order valence-electron chi connectivity index (χ2n) is 7.29. The van der Waals surface area contributed by atoms with Crippen molar-refractivity contribution in [2.75, 3.05) is 6.61 Å². The van der Waals surface area contributed by atoms with Crippen molar-refractivity contribution < 1.29 is 19.0 Å². The lowest BCUT2D eigenvalue weighted by Crippen LogP contribution is -2.21. The summed E-state index contributed by atoms with van der Waals surface area (Å²) in [5.41, 5.74) is 0.664. The summed E-state index contributed by atoms with van der Waals surface area (Å²) in [4.78, 5) is 24.9. The van der Waals surface area contributed by atoms with Crippen molar-refractivity contribution in [3.63, 3.8) is 0 Å². The van der Waals surface area contributed by atoms with Crippen LogP contribution in [0.2, 0.25) is 0 Å². The molecule has 0 radical (unpaired) electrons. The molecule has 2 fully saturated rings. The van der Waals surface area contributed by atoms with Crippen LogP contribution in [0.15, 0.2) is 23.1 Å². The first-order valence-corrected chi connectivity index (χ1v) is 9.23. The predicted octanol–water partition coefficient (Wildman–Crippen LogP) is 3.28. The Kier molecular flexibility index (Phi) is 4.31. The number of aliphatic hydroxyl groups excluding tert-OH is 1. The monoisotopic (exact) mass is 359 g/mol. The molecule has 26 heavy (non-hydrogen) atoms. The SMILES string of the molecule is CCOC(=O)c1cn(C2CC2)c2cc(C3CCC(O)C3)c(F)cc2c1=O. The number of aromatic nitrogens is 1. The minimum Gasteiger partial charge on any atom is -0.462 e. The number of esters is 1. The number of carbonyl (C=O) groups excluding carboxylic acids is 1. The van der Waals surface area contributed by atoms with Gasteiger partial charge < -0.3 is 14.4 Å². The molecule has 2 aromatic rings. The molecular weight excluding hydrogens is 337 g/mol. The number of carbonyl (C=O) groups is 1. The Hall–Kier alpha value is -2.21. The zero-order chi connectivity index (χ0) is 18.4. The van der Waals surface area contributed by atoms with Gasteiger partial charge in [-0.05, 0) is 62.6 Å². The third-order valence-corrected chi connectivity index (χ3v) is 5.43. The van der Waals surface area contributed by atoms with Crippen LogP contribution in [0.25, 0.3) is 10.9 Å². The maximum Gasteiger partial charge on any atom is 0.343 e. The van der Waals surface area contributed by atoms with Gasteiger partial charge in [0.15, 0.2) is 0 Å². The molecule has 1 N–H and O–H groups in total. The van der Waals surface area contributed by atoms with Crippen molar-refractivity contribution in [1.82, 2.24) is 4.57 Å². The van der Waals surface area contributed by atoms with E-state index in [-0.39, 0.29) is 29.5 Å². The molecule has 2 aliphatic rings. The lowest BCUT2D eigenvalue weighted by atomic mass is 9.95. The maximum absolute atomic E-state index is 14.8. The van der Waals surface area contributed by atoms with E-state index < -0.39 is 23.3 Å². The Balaban J connectivity index is 1.90. The first-order chi connectivity index (χ1) is 12.5. The number of ether oxygens (including phenoxy) is 1. The topological polar surface area (TPSA) is 68.5 Å². The second-order valence-corrected chi connectivity index (χ2v) is 7.29. The highest BCUT2D eigenvalue weighted by molar-refractivity contribution is 5.94. The molecule has 2 aliphatic carbocycles. The third kappa shape index (κ3) is 2.92. The first kappa shape index (κ1) is 17.2. The number of fused-ring (bicyclic) bond motifs is 1. The largest absolute Gasteiger partial charge is 0.462 e. The normalized spacial score (nSPS) is 22.7. The van der Waals surface area contributed by atoms with E-state index in [0.29, 0.717) is 23.9 Å². The molecule has 0 saturated heterocycles. The molecule has 4 rings (SSSR count). The smallest absolute Gasteiger partial charge is 0.343 e. The fourth-order valence-electron chi connectivity index (χ4n) is 3.95. The van der Waals surface area contributed by atoms with E-state index in [9.17, 15) is 19.1 Å². The molecule has 138 valence electrons. The first-order valence-electron chi connectivity index (χ1n) is 9.23. The Bertz CT molecular complexity index is 932. The summed E-state index contributed by atoms with van der Waals surface area (Å²) in [7, 11) is 0. The standard InChI is InChI=1S/C20H22FNO4/c1-2-26-20(25)16-10-22(12-4-5-12)18-9-14(11-3-6-13(23)7-11)17(21)8-15(18)19(16)24/h8-13,23H,2-7H2,1H3. The van der Waals surface area contributed by atoms with Gasteiger partial charge in [-0.25, -0.2) is 9.18 Å². The zero-order valence-corrected chi connectivity index (χ0v) is 14.7. The van der Waals surface area contributed by atoms with Crippen LogP contribution in [0.1, 0.15) is 66.9 Å². The summed E-state index contributed by atoms with van der Waals surface area (Å²) >= 11 is 0. The van der Waals surface area contributed by atoms with Gasteiger partial charge in [0.1, 0.15) is 11.4 Å². The van der Waals surface area contributed by atoms with Gasteiger partial charge in [0.25, 0.3) is 0 Å². The lowest BCUT2D eigenvalue weighted by Gasteiger charge is -2.17. The van der Waals surface area contributed by atoms with Crippen LogP contribution in [0.4, 0.5) is 4.39 Å². The van der Waals surface area contributed by atoms with Gasteiger partial charge in [-0.1, -0.05) is 0 Å². The minimum absolute atomic E-state index is 0.0399. The molecule has 1 aromatic heterocycles. The van der Waals surface area contributed by atoms with Crippen LogP contribution >= 0.6 is 0 Å². The molecule has 5 nitrogen and oxygen atoms in total. The van der Waals surface area contributed by atoms with Crippen molar-refractivity contribution >= 4 is 16.9 Å². The molecule has 0 aliphatic heterocycles. The average molecular weight is 359 g/mol. The summed E-state index contributed by atoms with van der Waals surface area (Å²) in [6, 6.07) is 3.21. The molecule has 1 aromatic carbocycles. The van der Waals surface area contributed by atoms with Crippen LogP contribution in [0.5, 0.6) is 0 Å². The molecule has 2 saturated carbocycles. The van der Waals surface area contributed by atoms with Gasteiger partial charge >= 0.3 is 5.97 Å². The van der Waals surface area contributed by atoms with E-state index >= 15 is 0 Å². The fraction of sp³-hybridized carbons (Fsp3) is 0.500. The van der Waals surface area contributed by atoms with Crippen LogP contribution < -0.4 is 5.43 Å². The summed E-state index contributed by atoms with van der Waals surface area (Å²) in [6.45, 7) is 1.86. The number of rotatable bonds is 4. The Morgan fingerprint density at radius 3 is 2.69 bits per heavy atom. The molecule has 0 amide bonds. The molecule has 0 bridgehead atoms. The van der Waals surface area contributed by atoms with Crippen molar-refractivity contribution in [3.8, 4) is 0 Å². The van der Waals surface area contributed by atoms with E-state index in [2.05, 4.69) is 0 Å². The molecule has 2 atom stereocenters. The minimum atomic E-state index is -0.669. The van der Waals surface area contributed by atoms with E-state index in [1.165, 1.54) is 6.07 Å². The van der Waals surface area contributed by atoms with Gasteiger partial charge in [0.05, 0.1) is 18.2 Å². The van der Waals surface area contributed by atoms with E-state index in [1.54, 1.807) is 19.2 Å². The number of hydrogen-bond acceptors (Lipinski definition) is 4. The fourth-order valence-corrected chi connectivity index (χ4v) is 3.95. The molecule has 1 heterocycles. The van der Waals surface area contributed by atoms with E-state index in [0.717, 1.165) is 19.3 Å². The third-order valence-electron chi connectivity index (χ3n) is 5.43. The Morgan fingerprint density at radius 1 is 1.31 bits per heavy atom. The van der Waals surface area contributed by atoms with Crippen molar-refractivity contribution in [2.45, 2.75) is 57.1 Å². The summed E-state index contributed by atoms with van der Waals surface area (Å²) in [5.74, 6) is -1.16. The summed E-state index contributed by atoms with van der Waals surface area (Å²) < 4.78 is 21.7.